The first-order chi connectivity index (χ1) is 14.9. The molecule has 2 aromatic rings. The summed E-state index contributed by atoms with van der Waals surface area (Å²) >= 11 is 0. The third kappa shape index (κ3) is 5.53. The second kappa shape index (κ2) is 9.97. The number of benzene rings is 2. The molecule has 3 N–H and O–H groups in total. The number of para-hydroxylation sites is 3. The van der Waals surface area contributed by atoms with Gasteiger partial charge < -0.3 is 25.6 Å². The molecule has 8 nitrogen and oxygen atoms in total. The molecule has 164 valence electrons. The van der Waals surface area contributed by atoms with E-state index < -0.39 is 6.10 Å². The molecule has 1 aliphatic rings. The predicted molar refractivity (Wildman–Crippen MR) is 119 cm³/mol. The third-order valence-electron chi connectivity index (χ3n) is 4.85. The van der Waals surface area contributed by atoms with Gasteiger partial charge in [0.1, 0.15) is 5.75 Å². The number of likely N-dealkylation sites (N-methyl/N-ethyl adjacent to an activating group) is 1. The van der Waals surface area contributed by atoms with Gasteiger partial charge in [0.25, 0.3) is 11.8 Å². The topological polar surface area (TPSA) is 99.8 Å². The van der Waals surface area contributed by atoms with Crippen LogP contribution in [0.15, 0.2) is 48.5 Å². The van der Waals surface area contributed by atoms with E-state index in [1.165, 1.54) is 0 Å². The zero-order valence-electron chi connectivity index (χ0n) is 18.0. The molecule has 1 atom stereocenters. The van der Waals surface area contributed by atoms with Gasteiger partial charge in [-0.15, -0.1) is 0 Å². The van der Waals surface area contributed by atoms with Crippen LogP contribution in [0.1, 0.15) is 24.2 Å². The Morgan fingerprint density at radius 1 is 1.10 bits per heavy atom. The minimum absolute atomic E-state index is 0.00974. The number of fused-ring (bicyclic) bond motifs is 1. The Labute approximate surface area is 182 Å². The second-order valence-corrected chi connectivity index (χ2v) is 7.77. The van der Waals surface area contributed by atoms with E-state index in [9.17, 15) is 14.4 Å². The van der Waals surface area contributed by atoms with Gasteiger partial charge in [-0.2, -0.15) is 0 Å². The van der Waals surface area contributed by atoms with Gasteiger partial charge in [-0.25, -0.2) is 0 Å². The van der Waals surface area contributed by atoms with Crippen molar-refractivity contribution >= 4 is 29.1 Å². The first kappa shape index (κ1) is 22.1. The summed E-state index contributed by atoms with van der Waals surface area (Å²) in [5, 5.41) is 8.29. The Kier molecular flexibility index (Phi) is 7.12. The lowest BCUT2D eigenvalue weighted by Gasteiger charge is -2.35. The maximum atomic E-state index is 12.9. The average molecular weight is 425 g/mol. The lowest BCUT2D eigenvalue weighted by molar-refractivity contribution is -0.127. The van der Waals surface area contributed by atoms with E-state index in [-0.39, 0.29) is 30.8 Å². The number of nitrogens with zero attached hydrogens (tertiary/aromatic N) is 1. The summed E-state index contributed by atoms with van der Waals surface area (Å²) in [6, 6.07) is 14.2. The van der Waals surface area contributed by atoms with Gasteiger partial charge in [-0.3, -0.25) is 14.4 Å². The van der Waals surface area contributed by atoms with E-state index in [0.717, 1.165) is 5.69 Å². The number of hydrogen-bond donors (Lipinski definition) is 3. The number of ether oxygens (including phenoxy) is 1. The molecule has 0 fully saturated rings. The molecule has 8 heteroatoms. The molecule has 0 aromatic heterocycles. The highest BCUT2D eigenvalue weighted by Gasteiger charge is 2.31. The zero-order chi connectivity index (χ0) is 22.4. The molecule has 2 aromatic carbocycles. The van der Waals surface area contributed by atoms with Gasteiger partial charge in [0.15, 0.2) is 6.10 Å². The number of hydrogen-bond acceptors (Lipinski definition) is 5. The van der Waals surface area contributed by atoms with E-state index in [0.29, 0.717) is 29.5 Å². The van der Waals surface area contributed by atoms with Crippen LogP contribution in [0.3, 0.4) is 0 Å². The van der Waals surface area contributed by atoms with Gasteiger partial charge in [0.2, 0.25) is 5.91 Å². The Balaban J connectivity index is 1.74. The maximum absolute atomic E-state index is 12.9. The average Bonchev–Trinajstić information content (AvgIpc) is 2.77. The molecule has 0 saturated carbocycles. The highest BCUT2D eigenvalue weighted by Crippen LogP contribution is 2.33. The Morgan fingerprint density at radius 2 is 1.81 bits per heavy atom. The lowest BCUT2D eigenvalue weighted by atomic mass is 10.1. The van der Waals surface area contributed by atoms with Gasteiger partial charge in [0.05, 0.1) is 30.0 Å². The lowest BCUT2D eigenvalue weighted by Crippen LogP contribution is -2.50. The molecular weight excluding hydrogens is 396 g/mol. The quantitative estimate of drug-likeness (QED) is 0.632. The van der Waals surface area contributed by atoms with E-state index >= 15 is 0 Å². The van der Waals surface area contributed by atoms with Crippen LogP contribution in [-0.2, 0) is 9.59 Å². The summed E-state index contributed by atoms with van der Waals surface area (Å²) in [5.41, 5.74) is 1.58. The van der Waals surface area contributed by atoms with Gasteiger partial charge in [-0.05, 0) is 30.2 Å². The van der Waals surface area contributed by atoms with Crippen molar-refractivity contribution in [3.05, 3.63) is 54.1 Å². The molecule has 31 heavy (non-hydrogen) atoms. The highest BCUT2D eigenvalue weighted by atomic mass is 16.5. The second-order valence-electron chi connectivity index (χ2n) is 7.77. The van der Waals surface area contributed by atoms with Crippen molar-refractivity contribution in [2.24, 2.45) is 5.92 Å². The molecule has 0 spiro atoms. The summed E-state index contributed by atoms with van der Waals surface area (Å²) in [6.07, 6.45) is -0.721. The summed E-state index contributed by atoms with van der Waals surface area (Å²) < 4.78 is 5.77. The molecule has 0 aliphatic carbocycles. The van der Waals surface area contributed by atoms with Crippen LogP contribution in [0.25, 0.3) is 0 Å². The number of anilines is 2. The summed E-state index contributed by atoms with van der Waals surface area (Å²) in [5.74, 6) is 0.0773. The van der Waals surface area contributed by atoms with Crippen molar-refractivity contribution in [3.8, 4) is 5.75 Å². The normalized spacial score (nSPS) is 15.0. The predicted octanol–water partition coefficient (Wildman–Crippen LogP) is 2.02. The number of carbonyl (C=O) groups is 3. The minimum Gasteiger partial charge on any atom is -0.477 e. The third-order valence-corrected chi connectivity index (χ3v) is 4.85. The molecule has 0 radical (unpaired) electrons. The van der Waals surface area contributed by atoms with Crippen LogP contribution >= 0.6 is 0 Å². The molecule has 1 heterocycles. The number of carbonyl (C=O) groups excluding carboxylic acids is 3. The summed E-state index contributed by atoms with van der Waals surface area (Å²) in [7, 11) is 1.55. The van der Waals surface area contributed by atoms with Crippen molar-refractivity contribution in [2.45, 2.75) is 20.0 Å². The Morgan fingerprint density at radius 3 is 2.55 bits per heavy atom. The molecule has 0 bridgehead atoms. The molecule has 1 aliphatic heterocycles. The van der Waals surface area contributed by atoms with Crippen molar-refractivity contribution in [1.82, 2.24) is 10.6 Å². The van der Waals surface area contributed by atoms with Gasteiger partial charge in [-0.1, -0.05) is 38.1 Å². The van der Waals surface area contributed by atoms with Crippen LogP contribution in [-0.4, -0.2) is 50.5 Å². The van der Waals surface area contributed by atoms with Crippen LogP contribution in [0, 0.1) is 5.92 Å². The number of amides is 3. The zero-order valence-corrected chi connectivity index (χ0v) is 18.0. The molecule has 1 unspecified atom stereocenters. The number of nitrogens with one attached hydrogen (secondary N) is 3. The monoisotopic (exact) mass is 424 g/mol. The standard InChI is InChI=1S/C23H28N4O4/c1-15(2)12-25-22(29)16-8-4-5-9-17(16)26-21(28)14-27-13-20(23(30)24-3)31-19-11-7-6-10-18(19)27/h4-11,15,20H,12-14H2,1-3H3,(H,24,30)(H,25,29)(H,26,28). The van der Waals surface area contributed by atoms with E-state index in [2.05, 4.69) is 16.0 Å². The first-order valence-corrected chi connectivity index (χ1v) is 10.3. The smallest absolute Gasteiger partial charge is 0.262 e. The van der Waals surface area contributed by atoms with Crippen molar-refractivity contribution < 1.29 is 19.1 Å². The van der Waals surface area contributed by atoms with E-state index in [1.807, 2.05) is 32.0 Å². The molecular formula is C23H28N4O4. The minimum atomic E-state index is -0.721. The van der Waals surface area contributed by atoms with E-state index in [4.69, 9.17) is 4.74 Å². The molecule has 3 rings (SSSR count). The van der Waals surface area contributed by atoms with Gasteiger partial charge >= 0.3 is 0 Å². The Bertz CT molecular complexity index is 960. The maximum Gasteiger partial charge on any atom is 0.262 e. The summed E-state index contributed by atoms with van der Waals surface area (Å²) in [4.78, 5) is 39.3. The first-order valence-electron chi connectivity index (χ1n) is 10.3. The van der Waals surface area contributed by atoms with Crippen molar-refractivity contribution in [1.29, 1.82) is 0 Å². The summed E-state index contributed by atoms with van der Waals surface area (Å²) in [6.45, 7) is 4.82. The van der Waals surface area contributed by atoms with Crippen LogP contribution < -0.4 is 25.6 Å². The van der Waals surface area contributed by atoms with Gasteiger partial charge in [0, 0.05) is 13.6 Å². The SMILES string of the molecule is CNC(=O)C1CN(CC(=O)Nc2ccccc2C(=O)NCC(C)C)c2ccccc2O1. The highest BCUT2D eigenvalue weighted by molar-refractivity contribution is 6.04. The van der Waals surface area contributed by atoms with Crippen LogP contribution in [0.5, 0.6) is 5.75 Å². The largest absolute Gasteiger partial charge is 0.477 e. The molecule has 0 saturated heterocycles. The van der Waals surface area contributed by atoms with Crippen LogP contribution in [0.4, 0.5) is 11.4 Å². The van der Waals surface area contributed by atoms with Crippen LogP contribution in [0.2, 0.25) is 0 Å². The van der Waals surface area contributed by atoms with Crippen molar-refractivity contribution in [2.75, 3.05) is 36.9 Å². The fraction of sp³-hybridized carbons (Fsp3) is 0.348. The fourth-order valence-corrected chi connectivity index (χ4v) is 3.30. The van der Waals surface area contributed by atoms with Crippen molar-refractivity contribution in [3.63, 3.8) is 0 Å². The van der Waals surface area contributed by atoms with E-state index in [1.54, 1.807) is 42.3 Å². The fourth-order valence-electron chi connectivity index (χ4n) is 3.30. The number of rotatable bonds is 7. The Hall–Kier alpha value is -3.55. The molecule has 3 amide bonds.